The first-order valence-corrected chi connectivity index (χ1v) is 12.3. The van der Waals surface area contributed by atoms with Crippen LogP contribution in [0.3, 0.4) is 0 Å². The SMILES string of the molecule is C[C@]12CCC(=NNC(N)=S)C[C@@H]1CC[C@@H]1[C@@H]2CC[C@]2(C)[C@@H](C3=CC(=O)OC3)CC[C@@]12O. The average Bonchev–Trinajstić information content (AvgIpc) is 3.26. The van der Waals surface area contributed by atoms with Gasteiger partial charge in [0.25, 0.3) is 0 Å². The molecule has 5 aliphatic rings. The van der Waals surface area contributed by atoms with E-state index in [0.717, 1.165) is 63.4 Å². The van der Waals surface area contributed by atoms with Crippen molar-refractivity contribution >= 4 is 29.0 Å². The van der Waals surface area contributed by atoms with E-state index in [1.807, 2.05) is 0 Å². The minimum atomic E-state index is -0.650. The Kier molecular flexibility index (Phi) is 5.02. The van der Waals surface area contributed by atoms with E-state index in [1.165, 1.54) is 5.71 Å². The molecule has 6 nitrogen and oxygen atoms in total. The molecule has 0 aromatic rings. The van der Waals surface area contributed by atoms with Crippen molar-refractivity contribution in [1.82, 2.24) is 5.43 Å². The van der Waals surface area contributed by atoms with Crippen molar-refractivity contribution in [2.75, 3.05) is 6.61 Å². The van der Waals surface area contributed by atoms with Gasteiger partial charge < -0.3 is 15.6 Å². The molecule has 4 saturated carbocycles. The van der Waals surface area contributed by atoms with Crippen molar-refractivity contribution in [2.24, 2.45) is 45.3 Å². The van der Waals surface area contributed by atoms with Crippen LogP contribution in [0.2, 0.25) is 0 Å². The predicted molar refractivity (Wildman–Crippen MR) is 123 cm³/mol. The van der Waals surface area contributed by atoms with E-state index >= 15 is 0 Å². The number of nitrogens with zero attached hydrogens (tertiary/aromatic N) is 1. The van der Waals surface area contributed by atoms with Crippen molar-refractivity contribution in [3.63, 3.8) is 0 Å². The molecule has 0 aromatic carbocycles. The van der Waals surface area contributed by atoms with Gasteiger partial charge in [-0.3, -0.25) is 5.43 Å². The van der Waals surface area contributed by atoms with Gasteiger partial charge in [-0.05, 0) is 105 Å². The summed E-state index contributed by atoms with van der Waals surface area (Å²) in [5, 5.41) is 16.9. The zero-order chi connectivity index (χ0) is 22.0. The molecule has 0 amide bonds. The molecule has 0 aromatic heterocycles. The van der Waals surface area contributed by atoms with Crippen molar-refractivity contribution in [2.45, 2.75) is 77.2 Å². The number of aliphatic hydroxyl groups is 1. The first-order chi connectivity index (χ1) is 14.7. The van der Waals surface area contributed by atoms with Gasteiger partial charge in [0, 0.05) is 17.2 Å². The molecule has 7 atom stereocenters. The molecule has 7 heteroatoms. The number of cyclic esters (lactones) is 1. The summed E-state index contributed by atoms with van der Waals surface area (Å²) >= 11 is 4.90. The lowest BCUT2D eigenvalue weighted by molar-refractivity contribution is -0.200. The quantitative estimate of drug-likeness (QED) is 0.342. The van der Waals surface area contributed by atoms with E-state index in [-0.39, 0.29) is 27.8 Å². The Balaban J connectivity index is 1.39. The molecular formula is C24H35N3O3S. The molecule has 0 unspecified atom stereocenters. The molecule has 0 saturated heterocycles. The fourth-order valence-corrected chi connectivity index (χ4v) is 8.49. The highest BCUT2D eigenvalue weighted by molar-refractivity contribution is 7.80. The summed E-state index contributed by atoms with van der Waals surface area (Å²) in [6, 6.07) is 0. The molecule has 0 bridgehead atoms. The number of nitrogens with two attached hydrogens (primary N) is 1. The molecule has 1 heterocycles. The van der Waals surface area contributed by atoms with Crippen LogP contribution < -0.4 is 11.2 Å². The lowest BCUT2D eigenvalue weighted by Gasteiger charge is -2.63. The molecule has 31 heavy (non-hydrogen) atoms. The van der Waals surface area contributed by atoms with Gasteiger partial charge in [-0.1, -0.05) is 13.8 Å². The van der Waals surface area contributed by atoms with E-state index in [9.17, 15) is 9.90 Å². The first kappa shape index (κ1) is 21.4. The smallest absolute Gasteiger partial charge is 0.331 e. The minimum Gasteiger partial charge on any atom is -0.458 e. The van der Waals surface area contributed by atoms with Gasteiger partial charge in [0.05, 0.1) is 5.60 Å². The number of rotatable bonds is 2. The predicted octanol–water partition coefficient (Wildman–Crippen LogP) is 3.43. The van der Waals surface area contributed by atoms with Gasteiger partial charge in [-0.25, -0.2) is 4.79 Å². The van der Waals surface area contributed by atoms with Gasteiger partial charge in [-0.2, -0.15) is 5.10 Å². The molecule has 0 radical (unpaired) electrons. The summed E-state index contributed by atoms with van der Waals surface area (Å²) < 4.78 is 5.23. The average molecular weight is 446 g/mol. The van der Waals surface area contributed by atoms with Crippen LogP contribution in [0.5, 0.6) is 0 Å². The molecule has 4 fully saturated rings. The summed E-state index contributed by atoms with van der Waals surface area (Å²) in [5.41, 5.74) is 10.0. The van der Waals surface area contributed by atoms with Crippen molar-refractivity contribution < 1.29 is 14.6 Å². The fourth-order valence-electron chi connectivity index (χ4n) is 8.45. The third kappa shape index (κ3) is 3.10. The van der Waals surface area contributed by atoms with Gasteiger partial charge >= 0.3 is 5.97 Å². The summed E-state index contributed by atoms with van der Waals surface area (Å²) in [6.45, 7) is 5.16. The van der Waals surface area contributed by atoms with Gasteiger partial charge in [-0.15, -0.1) is 0 Å². The zero-order valence-corrected chi connectivity index (χ0v) is 19.5. The fraction of sp³-hybridized carbons (Fsp3) is 0.792. The Morgan fingerprint density at radius 3 is 2.74 bits per heavy atom. The van der Waals surface area contributed by atoms with Crippen LogP contribution >= 0.6 is 12.2 Å². The number of hydrazone groups is 1. The first-order valence-electron chi connectivity index (χ1n) is 11.9. The highest BCUT2D eigenvalue weighted by Crippen LogP contribution is 2.69. The second kappa shape index (κ2) is 7.27. The lowest BCUT2D eigenvalue weighted by Crippen LogP contribution is -2.62. The Labute approximate surface area is 190 Å². The molecule has 170 valence electrons. The second-order valence-corrected chi connectivity index (χ2v) is 11.6. The monoisotopic (exact) mass is 445 g/mol. The van der Waals surface area contributed by atoms with Crippen LogP contribution in [0, 0.1) is 34.5 Å². The van der Waals surface area contributed by atoms with Gasteiger partial charge in [0.1, 0.15) is 6.61 Å². The molecule has 4 N–H and O–H groups in total. The maximum Gasteiger partial charge on any atom is 0.331 e. The van der Waals surface area contributed by atoms with Crippen LogP contribution in [-0.2, 0) is 9.53 Å². The second-order valence-electron chi connectivity index (χ2n) is 11.1. The minimum absolute atomic E-state index is 0.167. The molecule has 0 spiro atoms. The van der Waals surface area contributed by atoms with Crippen LogP contribution in [-0.4, -0.2) is 34.1 Å². The van der Waals surface area contributed by atoms with Crippen LogP contribution in [0.1, 0.15) is 71.6 Å². The molecular weight excluding hydrogens is 410 g/mol. The number of carbonyl (C=O) groups excluding carboxylic acids is 1. The number of esters is 1. The van der Waals surface area contributed by atoms with Crippen molar-refractivity contribution in [3.8, 4) is 0 Å². The van der Waals surface area contributed by atoms with Crippen molar-refractivity contribution in [1.29, 1.82) is 0 Å². The normalized spacial score (nSPS) is 47.8. The Morgan fingerprint density at radius 2 is 2.03 bits per heavy atom. The van der Waals surface area contributed by atoms with Gasteiger partial charge in [0.2, 0.25) is 0 Å². The molecule has 5 rings (SSSR count). The van der Waals surface area contributed by atoms with Crippen LogP contribution in [0.15, 0.2) is 16.8 Å². The van der Waals surface area contributed by atoms with Crippen LogP contribution in [0.4, 0.5) is 0 Å². The number of hydrogen-bond donors (Lipinski definition) is 3. The van der Waals surface area contributed by atoms with Crippen molar-refractivity contribution in [3.05, 3.63) is 11.6 Å². The maximum atomic E-state index is 12.2. The number of nitrogens with one attached hydrogen (secondary N) is 1. The number of ether oxygens (including phenoxy) is 1. The number of fused-ring (bicyclic) bond motifs is 5. The molecule has 4 aliphatic carbocycles. The third-order valence-corrected chi connectivity index (χ3v) is 10.2. The number of thiocarbonyl (C=S) groups is 1. The number of carbonyl (C=O) groups is 1. The van der Waals surface area contributed by atoms with E-state index in [4.69, 9.17) is 22.7 Å². The van der Waals surface area contributed by atoms with E-state index < -0.39 is 5.60 Å². The maximum absolute atomic E-state index is 12.2. The summed E-state index contributed by atoms with van der Waals surface area (Å²) in [6.07, 6.45) is 11.0. The van der Waals surface area contributed by atoms with Crippen LogP contribution in [0.25, 0.3) is 0 Å². The van der Waals surface area contributed by atoms with E-state index in [1.54, 1.807) is 6.08 Å². The number of hydrogen-bond acceptors (Lipinski definition) is 5. The van der Waals surface area contributed by atoms with Gasteiger partial charge in [0.15, 0.2) is 5.11 Å². The highest BCUT2D eigenvalue weighted by Gasteiger charge is 2.67. The zero-order valence-electron chi connectivity index (χ0n) is 18.7. The summed E-state index contributed by atoms with van der Waals surface area (Å²) in [7, 11) is 0. The topological polar surface area (TPSA) is 96.9 Å². The Morgan fingerprint density at radius 1 is 1.23 bits per heavy atom. The van der Waals surface area contributed by atoms with E-state index in [0.29, 0.717) is 24.4 Å². The standard InChI is InChI=1S/C24H35N3O3S/c1-22-8-5-16(26-27-21(25)31)12-15(22)3-4-19-18(22)6-9-23(2)17(7-10-24(19,23)29)14-11-20(28)30-13-14/h11,15,17-19,29H,3-10,12-13H2,1-2H3,(H3,25,27,31)/t15-,17+,18-,19+,22-,23+,24+/m0/s1. The Bertz CT molecular complexity index is 872. The summed E-state index contributed by atoms with van der Waals surface area (Å²) in [4.78, 5) is 11.7. The Hall–Kier alpha value is -1.47. The third-order valence-electron chi connectivity index (χ3n) is 10.1. The largest absolute Gasteiger partial charge is 0.458 e. The lowest BCUT2D eigenvalue weighted by atomic mass is 9.43. The van der Waals surface area contributed by atoms with E-state index in [2.05, 4.69) is 24.4 Å². The summed E-state index contributed by atoms with van der Waals surface area (Å²) in [5.74, 6) is 1.52. The highest BCUT2D eigenvalue weighted by atomic mass is 32.1. The molecule has 1 aliphatic heterocycles.